The molecule has 2 heterocycles. The second-order valence-electron chi connectivity index (χ2n) is 10.1. The molecule has 2 N–H and O–H groups in total. The quantitative estimate of drug-likeness (QED) is 0.416. The van der Waals surface area contributed by atoms with Gasteiger partial charge in [0.2, 0.25) is 0 Å². The minimum Gasteiger partial charge on any atom is -0.459 e. The third kappa shape index (κ3) is 2.44. The molecule has 2 aliphatic heterocycles. The van der Waals surface area contributed by atoms with E-state index < -0.39 is 52.6 Å². The summed E-state index contributed by atoms with van der Waals surface area (Å²) >= 11 is 0. The van der Waals surface area contributed by atoms with E-state index in [1.807, 2.05) is 13.8 Å². The Labute approximate surface area is 171 Å². The van der Waals surface area contributed by atoms with Crippen molar-refractivity contribution in [2.45, 2.75) is 89.7 Å². The highest BCUT2D eigenvalue weighted by Crippen LogP contribution is 2.72. The van der Waals surface area contributed by atoms with Gasteiger partial charge >= 0.3 is 5.97 Å². The van der Waals surface area contributed by atoms with Crippen LogP contribution in [-0.4, -0.2) is 57.8 Å². The van der Waals surface area contributed by atoms with Crippen LogP contribution in [0, 0.1) is 22.7 Å². The summed E-state index contributed by atoms with van der Waals surface area (Å²) in [5.74, 6) is -0.932. The van der Waals surface area contributed by atoms with Crippen LogP contribution in [0.5, 0.6) is 0 Å². The Balaban J connectivity index is 1.89. The zero-order valence-electron chi connectivity index (χ0n) is 17.8. The molecule has 10 atom stereocenters. The summed E-state index contributed by atoms with van der Waals surface area (Å²) in [4.78, 5) is 24.9. The van der Waals surface area contributed by atoms with Crippen molar-refractivity contribution in [1.82, 2.24) is 0 Å². The lowest BCUT2D eigenvalue weighted by Gasteiger charge is -2.60. The smallest absolute Gasteiger partial charge is 0.303 e. The first-order valence-corrected chi connectivity index (χ1v) is 10.4. The average molecular weight is 408 g/mol. The zero-order chi connectivity index (χ0) is 21.6. The number of hydrogen-bond donors (Lipinski definition) is 2. The van der Waals surface area contributed by atoms with E-state index in [0.29, 0.717) is 0 Å². The second kappa shape index (κ2) is 6.13. The molecule has 29 heavy (non-hydrogen) atoms. The predicted octanol–water partition coefficient (Wildman–Crippen LogP) is 1.74. The third-order valence-electron chi connectivity index (χ3n) is 8.71. The minimum absolute atomic E-state index is 0.0103. The van der Waals surface area contributed by atoms with Crippen molar-refractivity contribution in [3.63, 3.8) is 0 Å². The largest absolute Gasteiger partial charge is 0.459 e. The van der Waals surface area contributed by atoms with Crippen LogP contribution in [0.4, 0.5) is 0 Å². The first-order chi connectivity index (χ1) is 13.4. The maximum Gasteiger partial charge on any atom is 0.303 e. The first-order valence-electron chi connectivity index (χ1n) is 10.4. The molecule has 4 fully saturated rings. The minimum atomic E-state index is -1.53. The topological polar surface area (TPSA) is 106 Å². The standard InChI is InChI=1S/C22H32O7/c1-7-20(5,26)16-17(27-12(3)23)22(18(25)28-16)11(2)8-9-19(4)14(22)10-13(24)15-21(19,6)29-15/h7,11,14-18,25-26H,1,8-10H2,2-6H3. The summed E-state index contributed by atoms with van der Waals surface area (Å²) in [7, 11) is 0. The summed E-state index contributed by atoms with van der Waals surface area (Å²) in [6.07, 6.45) is -0.472. The molecular weight excluding hydrogens is 376 g/mol. The van der Waals surface area contributed by atoms with Gasteiger partial charge in [0.05, 0.1) is 5.41 Å². The molecular formula is C22H32O7. The number of aliphatic hydroxyl groups is 2. The van der Waals surface area contributed by atoms with Crippen molar-refractivity contribution in [3.8, 4) is 0 Å². The molecule has 2 saturated heterocycles. The number of fused-ring (bicyclic) bond motifs is 4. The van der Waals surface area contributed by atoms with Crippen LogP contribution in [0.3, 0.4) is 0 Å². The van der Waals surface area contributed by atoms with Crippen LogP contribution in [0.2, 0.25) is 0 Å². The summed E-state index contributed by atoms with van der Waals surface area (Å²) in [5.41, 5.74) is -3.55. The lowest BCUT2D eigenvalue weighted by atomic mass is 9.43. The maximum atomic E-state index is 12.8. The van der Waals surface area contributed by atoms with Crippen molar-refractivity contribution in [1.29, 1.82) is 0 Å². The summed E-state index contributed by atoms with van der Waals surface area (Å²) in [6.45, 7) is 12.6. The summed E-state index contributed by atoms with van der Waals surface area (Å²) in [6, 6.07) is 0. The number of hydrogen-bond acceptors (Lipinski definition) is 7. The fourth-order valence-electron chi connectivity index (χ4n) is 6.69. The van der Waals surface area contributed by atoms with E-state index in [4.69, 9.17) is 14.2 Å². The Morgan fingerprint density at radius 1 is 1.41 bits per heavy atom. The molecule has 0 radical (unpaired) electrons. The van der Waals surface area contributed by atoms with E-state index in [9.17, 15) is 19.8 Å². The zero-order valence-corrected chi connectivity index (χ0v) is 17.8. The monoisotopic (exact) mass is 408 g/mol. The molecule has 0 aromatic carbocycles. The maximum absolute atomic E-state index is 12.8. The van der Waals surface area contributed by atoms with Gasteiger partial charge in [0, 0.05) is 18.8 Å². The molecule has 2 aliphatic carbocycles. The number of epoxide rings is 1. The SMILES string of the molecule is C=CC(C)(O)C1OC(O)C2(C(C)CCC3(C)C2CC(=O)C2OC23C)C1OC(C)=O. The summed E-state index contributed by atoms with van der Waals surface area (Å²) < 4.78 is 17.6. The van der Waals surface area contributed by atoms with E-state index in [-0.39, 0.29) is 24.0 Å². The van der Waals surface area contributed by atoms with Gasteiger partial charge in [0.25, 0.3) is 0 Å². The molecule has 0 amide bonds. The van der Waals surface area contributed by atoms with E-state index in [2.05, 4.69) is 13.5 Å². The Kier molecular flexibility index (Phi) is 4.43. The van der Waals surface area contributed by atoms with Gasteiger partial charge in [-0.3, -0.25) is 9.59 Å². The van der Waals surface area contributed by atoms with Gasteiger partial charge < -0.3 is 24.4 Å². The van der Waals surface area contributed by atoms with Crippen molar-refractivity contribution >= 4 is 11.8 Å². The van der Waals surface area contributed by atoms with Crippen LogP contribution >= 0.6 is 0 Å². The molecule has 10 unspecified atom stereocenters. The van der Waals surface area contributed by atoms with Crippen molar-refractivity contribution in [3.05, 3.63) is 12.7 Å². The molecule has 4 rings (SSSR count). The van der Waals surface area contributed by atoms with Gasteiger partial charge in [0.15, 0.2) is 12.1 Å². The molecule has 0 aromatic heterocycles. The van der Waals surface area contributed by atoms with Crippen molar-refractivity contribution in [2.75, 3.05) is 0 Å². The van der Waals surface area contributed by atoms with E-state index in [1.54, 1.807) is 0 Å². The lowest BCUT2D eigenvalue weighted by Crippen LogP contribution is -2.66. The Hall–Kier alpha value is -1.28. The highest BCUT2D eigenvalue weighted by atomic mass is 16.7. The van der Waals surface area contributed by atoms with Gasteiger partial charge in [-0.05, 0) is 38.5 Å². The van der Waals surface area contributed by atoms with E-state index in [1.165, 1.54) is 19.9 Å². The number of carbonyl (C=O) groups excluding carboxylic acids is 2. The van der Waals surface area contributed by atoms with Gasteiger partial charge in [-0.15, -0.1) is 6.58 Å². The second-order valence-corrected chi connectivity index (χ2v) is 10.1. The molecule has 0 bridgehead atoms. The van der Waals surface area contributed by atoms with E-state index >= 15 is 0 Å². The number of carbonyl (C=O) groups is 2. The fourth-order valence-corrected chi connectivity index (χ4v) is 6.69. The molecule has 0 aromatic rings. The van der Waals surface area contributed by atoms with Gasteiger partial charge in [0.1, 0.15) is 29.5 Å². The van der Waals surface area contributed by atoms with Gasteiger partial charge in [-0.25, -0.2) is 0 Å². The van der Waals surface area contributed by atoms with Crippen molar-refractivity contribution in [2.24, 2.45) is 22.7 Å². The summed E-state index contributed by atoms with van der Waals surface area (Å²) in [5, 5.41) is 22.2. The van der Waals surface area contributed by atoms with Crippen LogP contribution in [0.15, 0.2) is 12.7 Å². The van der Waals surface area contributed by atoms with Crippen LogP contribution in [0.25, 0.3) is 0 Å². The number of ether oxygens (including phenoxy) is 3. The molecule has 7 heteroatoms. The number of ketones is 1. The Morgan fingerprint density at radius 2 is 2.07 bits per heavy atom. The highest BCUT2D eigenvalue weighted by molar-refractivity contribution is 5.89. The first kappa shape index (κ1) is 21.0. The van der Waals surface area contributed by atoms with E-state index in [0.717, 1.165) is 12.8 Å². The highest BCUT2D eigenvalue weighted by Gasteiger charge is 2.80. The Bertz CT molecular complexity index is 762. The number of aliphatic hydroxyl groups excluding tert-OH is 1. The molecule has 162 valence electrons. The molecule has 4 aliphatic rings. The van der Waals surface area contributed by atoms with Crippen LogP contribution in [-0.2, 0) is 23.8 Å². The van der Waals surface area contributed by atoms with Gasteiger partial charge in [-0.1, -0.05) is 19.9 Å². The molecule has 7 nitrogen and oxygen atoms in total. The normalized spacial score (nSPS) is 53.0. The average Bonchev–Trinajstić information content (AvgIpc) is 3.27. The molecule has 1 spiro atoms. The molecule has 2 saturated carbocycles. The van der Waals surface area contributed by atoms with Gasteiger partial charge in [-0.2, -0.15) is 0 Å². The third-order valence-corrected chi connectivity index (χ3v) is 8.71. The number of esters is 1. The number of rotatable bonds is 3. The number of Topliss-reactive ketones (excluding diaryl/α,β-unsaturated/α-hetero) is 1. The fraction of sp³-hybridized carbons (Fsp3) is 0.818. The predicted molar refractivity (Wildman–Crippen MR) is 103 cm³/mol. The Morgan fingerprint density at radius 3 is 2.66 bits per heavy atom. The van der Waals surface area contributed by atoms with Crippen LogP contribution < -0.4 is 0 Å². The lowest BCUT2D eigenvalue weighted by molar-refractivity contribution is -0.227. The van der Waals surface area contributed by atoms with Crippen LogP contribution in [0.1, 0.15) is 53.9 Å². The van der Waals surface area contributed by atoms with Crippen molar-refractivity contribution < 1.29 is 34.0 Å².